The highest BCUT2D eigenvalue weighted by molar-refractivity contribution is 6.13. The number of para-hydroxylation sites is 1. The number of anilines is 6. The summed E-state index contributed by atoms with van der Waals surface area (Å²) in [5, 5.41) is 7.87. The number of rotatable bonds is 4. The Balaban J connectivity index is 1.23. The number of carbonyl (C=O) groups is 1. The van der Waals surface area contributed by atoms with Crippen LogP contribution in [0.25, 0.3) is 5.69 Å². The number of nitrogens with one attached hydrogen (secondary N) is 1. The van der Waals surface area contributed by atoms with Crippen LogP contribution in [0, 0.1) is 0 Å². The van der Waals surface area contributed by atoms with E-state index in [0.717, 1.165) is 30.2 Å². The van der Waals surface area contributed by atoms with E-state index in [1.807, 2.05) is 60.5 Å². The molecule has 1 N–H and O–H groups in total. The number of hydrogen-bond acceptors (Lipinski definition) is 9. The molecular weight excluding hydrogens is 458 g/mol. The minimum Gasteiger partial charge on any atom is -0.378 e. The molecule has 2 aliphatic heterocycles. The van der Waals surface area contributed by atoms with Crippen LogP contribution in [0.2, 0.25) is 0 Å². The highest BCUT2D eigenvalue weighted by Gasteiger charge is 2.28. The number of ether oxygens (including phenoxy) is 1. The van der Waals surface area contributed by atoms with Gasteiger partial charge in [-0.3, -0.25) is 4.79 Å². The molecule has 11 nitrogen and oxygen atoms in total. The first-order chi connectivity index (χ1) is 17.6. The zero-order valence-electron chi connectivity index (χ0n) is 20.0. The molecule has 0 unspecified atom stereocenters. The number of morpholine rings is 1. The second-order valence-corrected chi connectivity index (χ2v) is 8.60. The molecule has 1 fully saturated rings. The van der Waals surface area contributed by atoms with Crippen molar-refractivity contribution in [3.63, 3.8) is 0 Å². The molecule has 0 radical (unpaired) electrons. The van der Waals surface area contributed by atoms with Gasteiger partial charge in [-0.25, -0.2) is 9.67 Å². The van der Waals surface area contributed by atoms with Crippen LogP contribution in [0.3, 0.4) is 0 Å². The Morgan fingerprint density at radius 3 is 2.50 bits per heavy atom. The van der Waals surface area contributed by atoms with Gasteiger partial charge < -0.3 is 24.8 Å². The highest BCUT2D eigenvalue weighted by atomic mass is 16.5. The van der Waals surface area contributed by atoms with Crippen molar-refractivity contribution in [3.05, 3.63) is 66.6 Å². The van der Waals surface area contributed by atoms with Crippen molar-refractivity contribution in [2.24, 2.45) is 0 Å². The molecule has 0 atom stereocenters. The first-order valence-corrected chi connectivity index (χ1v) is 11.7. The van der Waals surface area contributed by atoms with E-state index in [1.165, 1.54) is 0 Å². The predicted molar refractivity (Wildman–Crippen MR) is 137 cm³/mol. The van der Waals surface area contributed by atoms with E-state index >= 15 is 0 Å². The molecule has 0 bridgehead atoms. The highest BCUT2D eigenvalue weighted by Crippen LogP contribution is 2.37. The maximum atomic E-state index is 13.0. The second-order valence-electron chi connectivity index (χ2n) is 8.60. The summed E-state index contributed by atoms with van der Waals surface area (Å²) in [6.45, 7) is 2.96. The fourth-order valence-electron chi connectivity index (χ4n) is 4.37. The van der Waals surface area contributed by atoms with Crippen LogP contribution < -0.4 is 20.0 Å². The fourth-order valence-corrected chi connectivity index (χ4v) is 4.37. The average Bonchev–Trinajstić information content (AvgIpc) is 3.41. The van der Waals surface area contributed by atoms with Crippen molar-refractivity contribution < 1.29 is 9.53 Å². The lowest BCUT2D eigenvalue weighted by Crippen LogP contribution is -2.37. The number of benzene rings is 2. The van der Waals surface area contributed by atoms with E-state index in [0.29, 0.717) is 42.2 Å². The Labute approximate surface area is 208 Å². The number of hydrogen-bond donors (Lipinski definition) is 1. The monoisotopic (exact) mass is 483 g/mol. The number of nitrogens with zero attached hydrogens (tertiary/aromatic N) is 8. The second kappa shape index (κ2) is 8.93. The zero-order chi connectivity index (χ0) is 24.6. The third-order valence-electron chi connectivity index (χ3n) is 6.39. The molecule has 4 aromatic rings. The molecule has 2 aromatic carbocycles. The number of amides is 1. The predicted octanol–water partition coefficient (Wildman–Crippen LogP) is 3.00. The molecule has 0 spiro atoms. The van der Waals surface area contributed by atoms with Gasteiger partial charge in [0.1, 0.15) is 12.0 Å². The van der Waals surface area contributed by atoms with Crippen molar-refractivity contribution in [1.82, 2.24) is 24.7 Å². The Bertz CT molecular complexity index is 1410. The lowest BCUT2D eigenvalue weighted by atomic mass is 10.1. The van der Waals surface area contributed by atoms with E-state index in [-0.39, 0.29) is 5.91 Å². The number of fused-ring (bicyclic) bond motifs is 2. The third-order valence-corrected chi connectivity index (χ3v) is 6.39. The van der Waals surface area contributed by atoms with Gasteiger partial charge in [-0.1, -0.05) is 12.1 Å². The van der Waals surface area contributed by atoms with Crippen molar-refractivity contribution in [3.8, 4) is 5.69 Å². The van der Waals surface area contributed by atoms with Crippen LogP contribution in [0.15, 0.2) is 61.1 Å². The SMILES string of the molecule is CN1C(=O)c2ccccc2N(C)c2nc(Nc3ccc(-n4cnc(N5CCOCC5)n4)cc3)ncc21. The molecule has 11 heteroatoms. The summed E-state index contributed by atoms with van der Waals surface area (Å²) in [4.78, 5) is 32.2. The van der Waals surface area contributed by atoms with Crippen LogP contribution in [-0.2, 0) is 4.74 Å². The summed E-state index contributed by atoms with van der Waals surface area (Å²) in [5.74, 6) is 1.68. The van der Waals surface area contributed by atoms with Crippen LogP contribution in [0.5, 0.6) is 0 Å². The lowest BCUT2D eigenvalue weighted by Gasteiger charge is -2.25. The third kappa shape index (κ3) is 3.89. The number of carbonyl (C=O) groups excluding carboxylic acids is 1. The van der Waals surface area contributed by atoms with E-state index in [9.17, 15) is 4.79 Å². The Kier molecular flexibility index (Phi) is 5.45. The van der Waals surface area contributed by atoms with Gasteiger partial charge >= 0.3 is 0 Å². The molecule has 0 saturated carbocycles. The van der Waals surface area contributed by atoms with Crippen molar-refractivity contribution in [1.29, 1.82) is 0 Å². The summed E-state index contributed by atoms with van der Waals surface area (Å²) in [6, 6.07) is 15.3. The Hall–Kier alpha value is -4.51. The maximum absolute atomic E-state index is 13.0. The van der Waals surface area contributed by atoms with E-state index in [1.54, 1.807) is 29.2 Å². The molecule has 36 heavy (non-hydrogen) atoms. The maximum Gasteiger partial charge on any atom is 0.260 e. The minimum atomic E-state index is -0.0963. The molecular formula is C25H25N9O2. The Morgan fingerprint density at radius 2 is 1.69 bits per heavy atom. The van der Waals surface area contributed by atoms with E-state index in [2.05, 4.69) is 25.3 Å². The molecule has 6 rings (SSSR count). The zero-order valence-corrected chi connectivity index (χ0v) is 20.0. The largest absolute Gasteiger partial charge is 0.378 e. The van der Waals surface area contributed by atoms with Gasteiger partial charge in [-0.15, -0.1) is 5.10 Å². The van der Waals surface area contributed by atoms with Gasteiger partial charge in [0.25, 0.3) is 5.91 Å². The van der Waals surface area contributed by atoms with Crippen LogP contribution >= 0.6 is 0 Å². The topological polar surface area (TPSA) is 105 Å². The van der Waals surface area contributed by atoms with Crippen molar-refractivity contribution in [2.75, 3.05) is 60.4 Å². The summed E-state index contributed by atoms with van der Waals surface area (Å²) in [5.41, 5.74) is 3.78. The first kappa shape index (κ1) is 22.0. The molecule has 4 heterocycles. The van der Waals surface area contributed by atoms with Gasteiger partial charge in [0.2, 0.25) is 11.9 Å². The minimum absolute atomic E-state index is 0.0963. The van der Waals surface area contributed by atoms with Crippen molar-refractivity contribution in [2.45, 2.75) is 0 Å². The normalized spacial score (nSPS) is 15.4. The quantitative estimate of drug-likeness (QED) is 0.469. The molecule has 0 aliphatic carbocycles. The van der Waals surface area contributed by atoms with Gasteiger partial charge in [0, 0.05) is 32.9 Å². The molecule has 2 aliphatic rings. The first-order valence-electron chi connectivity index (χ1n) is 11.7. The summed E-state index contributed by atoms with van der Waals surface area (Å²) in [6.07, 6.45) is 3.39. The van der Waals surface area contributed by atoms with E-state index in [4.69, 9.17) is 9.72 Å². The van der Waals surface area contributed by atoms with Crippen LogP contribution in [-0.4, -0.2) is 71.0 Å². The number of aromatic nitrogens is 5. The molecule has 1 amide bonds. The lowest BCUT2D eigenvalue weighted by molar-refractivity contribution is 0.0994. The standard InChI is InChI=1S/C25H25N9O2/c1-31-20-6-4-3-5-19(20)23(35)32(2)21-15-26-24(29-22(21)31)28-17-7-9-18(10-8-17)34-16-27-25(30-34)33-11-13-36-14-12-33/h3-10,15-16H,11-14H2,1-2H3,(H,26,28,29). The van der Waals surface area contributed by atoms with Gasteiger partial charge in [0.15, 0.2) is 5.82 Å². The summed E-state index contributed by atoms with van der Waals surface area (Å²) >= 11 is 0. The molecule has 1 saturated heterocycles. The van der Waals surface area contributed by atoms with E-state index < -0.39 is 0 Å². The van der Waals surface area contributed by atoms with Gasteiger partial charge in [0.05, 0.1) is 36.3 Å². The smallest absolute Gasteiger partial charge is 0.260 e. The fraction of sp³-hybridized carbons (Fsp3) is 0.240. The van der Waals surface area contributed by atoms with Gasteiger partial charge in [-0.05, 0) is 36.4 Å². The summed E-state index contributed by atoms with van der Waals surface area (Å²) in [7, 11) is 3.64. The van der Waals surface area contributed by atoms with Crippen LogP contribution in [0.1, 0.15) is 10.4 Å². The molecule has 182 valence electrons. The average molecular weight is 484 g/mol. The molecule has 2 aromatic heterocycles. The van der Waals surface area contributed by atoms with Crippen molar-refractivity contribution >= 4 is 40.7 Å². The van der Waals surface area contributed by atoms with Gasteiger partial charge in [-0.2, -0.15) is 9.97 Å². The summed E-state index contributed by atoms with van der Waals surface area (Å²) < 4.78 is 7.16. The van der Waals surface area contributed by atoms with Crippen LogP contribution in [0.4, 0.5) is 34.8 Å². The Morgan fingerprint density at radius 1 is 0.917 bits per heavy atom.